The van der Waals surface area contributed by atoms with E-state index in [0.717, 1.165) is 0 Å². The number of hydrogen-bond acceptors (Lipinski definition) is 4. The number of nitrogens with one attached hydrogen (secondary N) is 1. The maximum Gasteiger partial charge on any atom is 0.293 e. The number of aliphatic hydroxyl groups excluding tert-OH is 1. The molecule has 1 aliphatic carbocycles. The summed E-state index contributed by atoms with van der Waals surface area (Å²) < 4.78 is 0. The van der Waals surface area contributed by atoms with Crippen LogP contribution in [0.3, 0.4) is 0 Å². The van der Waals surface area contributed by atoms with Crippen LogP contribution in [-0.4, -0.2) is 22.7 Å². The van der Waals surface area contributed by atoms with Gasteiger partial charge in [0.15, 0.2) is 11.5 Å². The Morgan fingerprint density at radius 1 is 1.17 bits per heavy atom. The number of benzene rings is 1. The van der Waals surface area contributed by atoms with Gasteiger partial charge >= 0.3 is 0 Å². The second kappa shape index (κ2) is 5.33. The smallest absolute Gasteiger partial charge is 0.293 e. The number of hydrogen-bond donors (Lipinski definition) is 2. The molecule has 5 nitrogen and oxygen atoms in total. The topological polar surface area (TPSA) is 83.5 Å². The molecule has 24 heavy (non-hydrogen) atoms. The largest absolute Gasteiger partial charge is 0.502 e. The molecule has 0 spiro atoms. The van der Waals surface area contributed by atoms with E-state index in [2.05, 4.69) is 0 Å². The average molecular weight is 368 g/mol. The summed E-state index contributed by atoms with van der Waals surface area (Å²) in [4.78, 5) is 36.2. The summed E-state index contributed by atoms with van der Waals surface area (Å²) in [6, 6.07) is 1.57. The molecule has 1 heterocycles. The summed E-state index contributed by atoms with van der Waals surface area (Å²) in [6.45, 7) is 5.78. The van der Waals surface area contributed by atoms with Gasteiger partial charge in [0.05, 0.1) is 15.6 Å². The molecule has 2 N–H and O–H groups in total. The molecule has 7 heteroatoms. The van der Waals surface area contributed by atoms with E-state index in [-0.39, 0.29) is 32.9 Å². The molecule has 2 aliphatic rings. The molecule has 1 atom stereocenters. The predicted molar refractivity (Wildman–Crippen MR) is 90.1 cm³/mol. The third-order valence-corrected chi connectivity index (χ3v) is 5.91. The Labute approximate surface area is 148 Å². The molecule has 0 saturated carbocycles. The fourth-order valence-electron chi connectivity index (χ4n) is 3.17. The first kappa shape index (κ1) is 17.0. The highest BCUT2D eigenvalue weighted by atomic mass is 35.5. The van der Waals surface area contributed by atoms with Crippen LogP contribution < -0.4 is 5.32 Å². The van der Waals surface area contributed by atoms with Gasteiger partial charge in [-0.15, -0.1) is 0 Å². The summed E-state index contributed by atoms with van der Waals surface area (Å²) in [5, 5.41) is 11.9. The Kier molecular flexibility index (Phi) is 3.77. The van der Waals surface area contributed by atoms with Crippen molar-refractivity contribution in [1.82, 2.24) is 5.32 Å². The van der Waals surface area contributed by atoms with Crippen LogP contribution in [0.2, 0.25) is 10.0 Å². The lowest BCUT2D eigenvalue weighted by molar-refractivity contribution is -0.124. The standard InChI is InChI=1S/C17H15Cl2NO4/c1-6(2)17(3)5-7-4-8(10-13(21)16(24)20-15(10)23)11(18)12(19)9(7)14(17)22/h4,6H,5H2,1-3H3,(H2,20,21,23,24). The molecular formula is C17H15Cl2NO4. The summed E-state index contributed by atoms with van der Waals surface area (Å²) in [7, 11) is 0. The van der Waals surface area contributed by atoms with Gasteiger partial charge in [-0.2, -0.15) is 0 Å². The lowest BCUT2D eigenvalue weighted by Gasteiger charge is -2.26. The fourth-order valence-corrected chi connectivity index (χ4v) is 3.72. The number of amides is 2. The number of carbonyl (C=O) groups is 3. The van der Waals surface area contributed by atoms with Crippen molar-refractivity contribution in [3.05, 3.63) is 38.6 Å². The van der Waals surface area contributed by atoms with E-state index >= 15 is 0 Å². The molecule has 0 radical (unpaired) electrons. The third-order valence-electron chi connectivity index (χ3n) is 5.04. The number of rotatable bonds is 2. The first-order valence-electron chi connectivity index (χ1n) is 7.44. The molecule has 0 fully saturated rings. The van der Waals surface area contributed by atoms with Gasteiger partial charge < -0.3 is 5.11 Å². The SMILES string of the molecule is CC(C)C1(C)Cc2cc(C3=C(O)C(=O)NC3=O)c(Cl)c(Cl)c2C1=O. The maximum absolute atomic E-state index is 12.8. The lowest BCUT2D eigenvalue weighted by atomic mass is 9.76. The predicted octanol–water partition coefficient (Wildman–Crippen LogP) is 3.32. The molecule has 1 aliphatic heterocycles. The Balaban J connectivity index is 2.24. The van der Waals surface area contributed by atoms with Gasteiger partial charge in [-0.1, -0.05) is 44.0 Å². The van der Waals surface area contributed by atoms with Crippen LogP contribution in [0.15, 0.2) is 11.8 Å². The van der Waals surface area contributed by atoms with Crippen molar-refractivity contribution in [1.29, 1.82) is 0 Å². The molecule has 0 bridgehead atoms. The average Bonchev–Trinajstić information content (AvgIpc) is 2.90. The van der Waals surface area contributed by atoms with Crippen molar-refractivity contribution in [2.45, 2.75) is 27.2 Å². The van der Waals surface area contributed by atoms with E-state index < -0.39 is 23.0 Å². The molecule has 3 rings (SSSR count). The second-order valence-electron chi connectivity index (χ2n) is 6.67. The minimum Gasteiger partial charge on any atom is -0.502 e. The maximum atomic E-state index is 12.8. The minimum atomic E-state index is -0.884. The van der Waals surface area contributed by atoms with E-state index in [4.69, 9.17) is 23.2 Å². The number of fused-ring (bicyclic) bond motifs is 1. The monoisotopic (exact) mass is 367 g/mol. The van der Waals surface area contributed by atoms with Gasteiger partial charge in [0, 0.05) is 16.5 Å². The molecule has 2 amide bonds. The van der Waals surface area contributed by atoms with Gasteiger partial charge in [-0.05, 0) is 24.0 Å². The third kappa shape index (κ3) is 2.11. The highest BCUT2D eigenvalue weighted by Gasteiger charge is 2.46. The van der Waals surface area contributed by atoms with E-state index in [1.807, 2.05) is 26.1 Å². The van der Waals surface area contributed by atoms with Crippen LogP contribution in [0.25, 0.3) is 5.57 Å². The molecule has 0 saturated heterocycles. The minimum absolute atomic E-state index is 0.0248. The van der Waals surface area contributed by atoms with E-state index in [1.54, 1.807) is 6.07 Å². The molecule has 0 aromatic heterocycles. The summed E-state index contributed by atoms with van der Waals surface area (Å²) >= 11 is 12.6. The van der Waals surface area contributed by atoms with Crippen LogP contribution in [0.4, 0.5) is 0 Å². The van der Waals surface area contributed by atoms with E-state index in [0.29, 0.717) is 17.5 Å². The van der Waals surface area contributed by atoms with Gasteiger partial charge in [0.1, 0.15) is 0 Å². The Morgan fingerprint density at radius 3 is 2.29 bits per heavy atom. The zero-order valence-electron chi connectivity index (χ0n) is 13.3. The summed E-state index contributed by atoms with van der Waals surface area (Å²) in [5.74, 6) is -2.33. The molecule has 126 valence electrons. The highest BCUT2D eigenvalue weighted by Crippen LogP contribution is 2.48. The zero-order chi connectivity index (χ0) is 18.0. The molecular weight excluding hydrogens is 353 g/mol. The number of ketones is 1. The number of aliphatic hydroxyl groups is 1. The molecule has 1 aromatic carbocycles. The quantitative estimate of drug-likeness (QED) is 0.785. The van der Waals surface area contributed by atoms with Crippen LogP contribution in [-0.2, 0) is 16.0 Å². The summed E-state index contributed by atoms with van der Waals surface area (Å²) in [6.07, 6.45) is 0.451. The Hall–Kier alpha value is -1.85. The van der Waals surface area contributed by atoms with Crippen molar-refractivity contribution in [2.75, 3.05) is 0 Å². The number of carbonyl (C=O) groups excluding carboxylic acids is 3. The highest BCUT2D eigenvalue weighted by molar-refractivity contribution is 6.47. The van der Waals surface area contributed by atoms with Crippen molar-refractivity contribution < 1.29 is 19.5 Å². The van der Waals surface area contributed by atoms with Crippen molar-refractivity contribution in [2.24, 2.45) is 11.3 Å². The van der Waals surface area contributed by atoms with Gasteiger partial charge in [0.2, 0.25) is 0 Å². The zero-order valence-corrected chi connectivity index (χ0v) is 14.8. The van der Waals surface area contributed by atoms with Gasteiger partial charge in [0.25, 0.3) is 11.8 Å². The van der Waals surface area contributed by atoms with Crippen molar-refractivity contribution in [3.63, 3.8) is 0 Å². The Morgan fingerprint density at radius 2 is 1.79 bits per heavy atom. The van der Waals surface area contributed by atoms with E-state index in [1.165, 1.54) is 0 Å². The van der Waals surface area contributed by atoms with Crippen LogP contribution in [0.1, 0.15) is 42.3 Å². The Bertz CT molecular complexity index is 857. The van der Waals surface area contributed by atoms with Gasteiger partial charge in [-0.25, -0.2) is 0 Å². The van der Waals surface area contributed by atoms with E-state index in [9.17, 15) is 19.5 Å². The first-order chi connectivity index (χ1) is 11.1. The lowest BCUT2D eigenvalue weighted by Crippen LogP contribution is -2.30. The second-order valence-corrected chi connectivity index (χ2v) is 7.43. The normalized spacial score (nSPS) is 23.3. The van der Waals surface area contributed by atoms with Gasteiger partial charge in [-0.3, -0.25) is 19.7 Å². The van der Waals surface area contributed by atoms with Crippen LogP contribution >= 0.6 is 23.2 Å². The number of imide groups is 1. The van der Waals surface area contributed by atoms with Crippen molar-refractivity contribution in [3.8, 4) is 0 Å². The molecule has 1 unspecified atom stereocenters. The van der Waals surface area contributed by atoms with Crippen molar-refractivity contribution >= 4 is 46.4 Å². The summed E-state index contributed by atoms with van der Waals surface area (Å²) in [5.41, 5.74) is 0.333. The number of Topliss-reactive ketones (excluding diaryl/α,β-unsaturated/α-hetero) is 1. The van der Waals surface area contributed by atoms with Crippen LogP contribution in [0, 0.1) is 11.3 Å². The molecule has 1 aromatic rings. The fraction of sp³-hybridized carbons (Fsp3) is 0.353. The number of halogens is 2. The first-order valence-corrected chi connectivity index (χ1v) is 8.20. The van der Waals surface area contributed by atoms with Crippen LogP contribution in [0.5, 0.6) is 0 Å².